The molecule has 1 heterocycles. The second-order valence-electron chi connectivity index (χ2n) is 9.68. The first-order valence-electron chi connectivity index (χ1n) is 11.8. The maximum absolute atomic E-state index is 13.4. The van der Waals surface area contributed by atoms with Crippen molar-refractivity contribution in [1.29, 1.82) is 0 Å². The highest BCUT2D eigenvalue weighted by atomic mass is 16.5. The minimum Gasteiger partial charge on any atom is -0.370 e. The van der Waals surface area contributed by atoms with Gasteiger partial charge in [-0.15, -0.1) is 0 Å². The van der Waals surface area contributed by atoms with E-state index in [1.54, 1.807) is 12.1 Å². The predicted molar refractivity (Wildman–Crippen MR) is 131 cm³/mol. The van der Waals surface area contributed by atoms with Gasteiger partial charge in [-0.1, -0.05) is 62.4 Å². The number of carbonyl (C=O) groups is 4. The number of primary amides is 1. The van der Waals surface area contributed by atoms with Gasteiger partial charge >= 0.3 is 0 Å². The fraction of sp³-hybridized carbons (Fsp3) is 0.407. The third-order valence-corrected chi connectivity index (χ3v) is 6.26. The van der Waals surface area contributed by atoms with Gasteiger partial charge in [0.15, 0.2) is 5.78 Å². The second-order valence-corrected chi connectivity index (χ2v) is 9.68. The summed E-state index contributed by atoms with van der Waals surface area (Å²) in [6.07, 6.45) is 0.241. The summed E-state index contributed by atoms with van der Waals surface area (Å²) in [5.74, 6) is -1.85. The highest BCUT2D eigenvalue weighted by Crippen LogP contribution is 2.35. The van der Waals surface area contributed by atoms with Crippen molar-refractivity contribution in [2.75, 3.05) is 13.2 Å². The molecule has 1 aliphatic rings. The number of nitrogens with two attached hydrogens (primary N) is 1. The smallest absolute Gasteiger partial charge is 0.251 e. The molecule has 3 amide bonds. The van der Waals surface area contributed by atoms with Crippen LogP contribution in [0.5, 0.6) is 0 Å². The highest BCUT2D eigenvalue weighted by molar-refractivity contribution is 5.95. The summed E-state index contributed by atoms with van der Waals surface area (Å²) in [6.45, 7) is 4.39. The van der Waals surface area contributed by atoms with E-state index in [-0.39, 0.29) is 36.0 Å². The lowest BCUT2D eigenvalue weighted by Crippen LogP contribution is -2.48. The average molecular weight is 480 g/mol. The summed E-state index contributed by atoms with van der Waals surface area (Å²) in [4.78, 5) is 49.5. The van der Waals surface area contributed by atoms with E-state index in [9.17, 15) is 19.2 Å². The van der Waals surface area contributed by atoms with Crippen LogP contribution in [0.25, 0.3) is 0 Å². The van der Waals surface area contributed by atoms with Crippen molar-refractivity contribution >= 4 is 23.5 Å². The number of rotatable bonds is 11. The molecule has 0 aromatic heterocycles. The molecule has 3 rings (SSSR count). The van der Waals surface area contributed by atoms with E-state index in [0.717, 1.165) is 5.56 Å². The molecule has 2 aromatic rings. The molecule has 8 nitrogen and oxygen atoms in total. The largest absolute Gasteiger partial charge is 0.370 e. The topological polar surface area (TPSA) is 128 Å². The molecular weight excluding hydrogens is 446 g/mol. The molecule has 4 N–H and O–H groups in total. The van der Waals surface area contributed by atoms with Crippen molar-refractivity contribution in [2.45, 2.75) is 51.2 Å². The fourth-order valence-electron chi connectivity index (χ4n) is 4.29. The molecule has 0 radical (unpaired) electrons. The van der Waals surface area contributed by atoms with Crippen LogP contribution in [0.2, 0.25) is 0 Å². The standard InChI is InChI=1S/C27H33N3O5/c1-27(2,13-14-29-25(33)19-11-7-4-8-12-19)16-20(18-9-5-3-6-10-18)26(34)30-24-21(31)17-35-22(24)15-23(28)32/h3-12,20,22,24H,13-17H2,1-2H3,(H2,28,32)(H,29,33)(H,30,34). The number of nitrogens with one attached hydrogen (secondary N) is 2. The van der Waals surface area contributed by atoms with Gasteiger partial charge in [0, 0.05) is 12.1 Å². The van der Waals surface area contributed by atoms with Gasteiger partial charge in [0.25, 0.3) is 5.91 Å². The van der Waals surface area contributed by atoms with Crippen molar-refractivity contribution < 1.29 is 23.9 Å². The van der Waals surface area contributed by atoms with Crippen LogP contribution >= 0.6 is 0 Å². The summed E-state index contributed by atoms with van der Waals surface area (Å²) in [5.41, 5.74) is 6.40. The molecule has 2 aromatic carbocycles. The number of amides is 3. The molecule has 1 aliphatic heterocycles. The Morgan fingerprint density at radius 2 is 1.69 bits per heavy atom. The van der Waals surface area contributed by atoms with E-state index in [2.05, 4.69) is 10.6 Å². The van der Waals surface area contributed by atoms with Gasteiger partial charge in [-0.05, 0) is 36.0 Å². The second kappa shape index (κ2) is 11.8. The first-order valence-corrected chi connectivity index (χ1v) is 11.8. The Bertz CT molecular complexity index is 1040. The summed E-state index contributed by atoms with van der Waals surface area (Å²) in [6, 6.07) is 17.5. The van der Waals surface area contributed by atoms with Crippen molar-refractivity contribution in [2.24, 2.45) is 11.1 Å². The maximum atomic E-state index is 13.4. The van der Waals surface area contributed by atoms with Crippen LogP contribution in [0.4, 0.5) is 0 Å². The van der Waals surface area contributed by atoms with Gasteiger partial charge in [-0.25, -0.2) is 0 Å². The van der Waals surface area contributed by atoms with Crippen LogP contribution in [0.1, 0.15) is 54.9 Å². The van der Waals surface area contributed by atoms with Crippen molar-refractivity contribution in [1.82, 2.24) is 10.6 Å². The Kier molecular flexibility index (Phi) is 8.76. The Hall–Kier alpha value is -3.52. The molecule has 3 unspecified atom stereocenters. The molecule has 1 fully saturated rings. The van der Waals surface area contributed by atoms with E-state index < -0.39 is 24.0 Å². The molecule has 3 atom stereocenters. The van der Waals surface area contributed by atoms with Crippen LogP contribution in [-0.4, -0.2) is 48.8 Å². The van der Waals surface area contributed by atoms with Gasteiger partial charge < -0.3 is 21.1 Å². The molecule has 1 saturated heterocycles. The normalized spacial score (nSPS) is 18.6. The summed E-state index contributed by atoms with van der Waals surface area (Å²) in [7, 11) is 0. The summed E-state index contributed by atoms with van der Waals surface area (Å²) in [5, 5.41) is 5.75. The van der Waals surface area contributed by atoms with Gasteiger partial charge in [0.2, 0.25) is 11.8 Å². The predicted octanol–water partition coefficient (Wildman–Crippen LogP) is 2.33. The van der Waals surface area contributed by atoms with Crippen LogP contribution in [-0.2, 0) is 19.1 Å². The lowest BCUT2D eigenvalue weighted by atomic mass is 9.77. The van der Waals surface area contributed by atoms with Crippen LogP contribution < -0.4 is 16.4 Å². The Labute approximate surface area is 205 Å². The minimum absolute atomic E-state index is 0.140. The van der Waals surface area contributed by atoms with E-state index in [1.807, 2.05) is 62.4 Å². The molecule has 8 heteroatoms. The first-order chi connectivity index (χ1) is 16.7. The molecule has 0 saturated carbocycles. The number of ketones is 1. The molecule has 0 aliphatic carbocycles. The van der Waals surface area contributed by atoms with Gasteiger partial charge in [0.1, 0.15) is 12.6 Å². The molecule has 0 spiro atoms. The first kappa shape index (κ1) is 26.1. The Morgan fingerprint density at radius 3 is 2.31 bits per heavy atom. The SMILES string of the molecule is CC(C)(CCNC(=O)c1ccccc1)CC(C(=O)NC1C(=O)COC1CC(N)=O)c1ccccc1. The zero-order valence-electron chi connectivity index (χ0n) is 20.2. The van der Waals surface area contributed by atoms with Crippen LogP contribution in [0.3, 0.4) is 0 Å². The van der Waals surface area contributed by atoms with Gasteiger partial charge in [-0.3, -0.25) is 19.2 Å². The zero-order chi connectivity index (χ0) is 25.4. The van der Waals surface area contributed by atoms with Crippen LogP contribution in [0, 0.1) is 5.41 Å². The molecule has 186 valence electrons. The number of hydrogen-bond acceptors (Lipinski definition) is 5. The molecular formula is C27H33N3O5. The average Bonchev–Trinajstić information content (AvgIpc) is 3.16. The van der Waals surface area contributed by atoms with E-state index in [4.69, 9.17) is 10.5 Å². The van der Waals surface area contributed by atoms with E-state index in [1.165, 1.54) is 0 Å². The fourth-order valence-corrected chi connectivity index (χ4v) is 4.29. The van der Waals surface area contributed by atoms with Crippen molar-refractivity contribution in [3.05, 3.63) is 71.8 Å². The number of benzene rings is 2. The van der Waals surface area contributed by atoms with Gasteiger partial charge in [0.05, 0.1) is 18.4 Å². The van der Waals surface area contributed by atoms with Crippen LogP contribution in [0.15, 0.2) is 60.7 Å². The summed E-state index contributed by atoms with van der Waals surface area (Å²) < 4.78 is 5.38. The number of carbonyl (C=O) groups excluding carboxylic acids is 4. The van der Waals surface area contributed by atoms with E-state index >= 15 is 0 Å². The van der Waals surface area contributed by atoms with Crippen molar-refractivity contribution in [3.63, 3.8) is 0 Å². The van der Waals surface area contributed by atoms with E-state index in [0.29, 0.717) is 24.9 Å². The lowest BCUT2D eigenvalue weighted by molar-refractivity contribution is -0.128. The molecule has 35 heavy (non-hydrogen) atoms. The number of ether oxygens (including phenoxy) is 1. The lowest BCUT2D eigenvalue weighted by Gasteiger charge is -2.30. The third kappa shape index (κ3) is 7.48. The highest BCUT2D eigenvalue weighted by Gasteiger charge is 2.39. The monoisotopic (exact) mass is 479 g/mol. The summed E-state index contributed by atoms with van der Waals surface area (Å²) >= 11 is 0. The Balaban J connectivity index is 1.67. The number of Topliss-reactive ketones (excluding diaryl/α,β-unsaturated/α-hetero) is 1. The molecule has 0 bridgehead atoms. The van der Waals surface area contributed by atoms with Gasteiger partial charge in [-0.2, -0.15) is 0 Å². The maximum Gasteiger partial charge on any atom is 0.251 e. The zero-order valence-corrected chi connectivity index (χ0v) is 20.2. The van der Waals surface area contributed by atoms with Crippen molar-refractivity contribution in [3.8, 4) is 0 Å². The third-order valence-electron chi connectivity index (χ3n) is 6.26. The quantitative estimate of drug-likeness (QED) is 0.456. The Morgan fingerprint density at radius 1 is 1.06 bits per heavy atom. The number of hydrogen-bond donors (Lipinski definition) is 3. The minimum atomic E-state index is -0.908.